The molecule has 0 fully saturated rings. The van der Waals surface area contributed by atoms with Crippen LogP contribution in [0, 0.1) is 5.82 Å². The van der Waals surface area contributed by atoms with Gasteiger partial charge in [-0.1, -0.05) is 11.6 Å². The number of halogens is 2. The van der Waals surface area contributed by atoms with E-state index in [4.69, 9.17) is 22.1 Å². The summed E-state index contributed by atoms with van der Waals surface area (Å²) in [5.41, 5.74) is 6.24. The highest BCUT2D eigenvalue weighted by atomic mass is 35.5. The number of ether oxygens (including phenoxy) is 1. The van der Waals surface area contributed by atoms with Gasteiger partial charge in [0.05, 0.1) is 12.2 Å². The Morgan fingerprint density at radius 2 is 2.07 bits per heavy atom. The van der Waals surface area contributed by atoms with E-state index in [1.165, 1.54) is 12.1 Å². The smallest absolute Gasteiger partial charge is 0.125 e. The van der Waals surface area contributed by atoms with E-state index in [9.17, 15) is 4.39 Å². The SMILES string of the molecule is CC(C)OC(CN)c1cc(F)cc(Cl)c1. The third-order valence-electron chi connectivity index (χ3n) is 1.91. The van der Waals surface area contributed by atoms with Crippen molar-refractivity contribution < 1.29 is 9.13 Å². The molecule has 0 aliphatic heterocycles. The molecule has 1 atom stereocenters. The van der Waals surface area contributed by atoms with Crippen LogP contribution < -0.4 is 5.73 Å². The van der Waals surface area contributed by atoms with Crippen molar-refractivity contribution in [2.24, 2.45) is 5.73 Å². The molecule has 1 aromatic carbocycles. The van der Waals surface area contributed by atoms with Crippen molar-refractivity contribution in [3.8, 4) is 0 Å². The number of rotatable bonds is 4. The normalized spacial score (nSPS) is 13.2. The van der Waals surface area contributed by atoms with Gasteiger partial charge in [0, 0.05) is 11.6 Å². The fraction of sp³-hybridized carbons (Fsp3) is 0.455. The van der Waals surface area contributed by atoms with Crippen LogP contribution in [0.2, 0.25) is 5.02 Å². The summed E-state index contributed by atoms with van der Waals surface area (Å²) in [4.78, 5) is 0. The Labute approximate surface area is 94.2 Å². The first kappa shape index (κ1) is 12.4. The standard InChI is InChI=1S/C11H15ClFNO/c1-7(2)15-11(6-14)8-3-9(12)5-10(13)4-8/h3-5,7,11H,6,14H2,1-2H3. The van der Waals surface area contributed by atoms with Crippen molar-refractivity contribution in [3.05, 3.63) is 34.6 Å². The molecule has 0 heterocycles. The van der Waals surface area contributed by atoms with E-state index in [2.05, 4.69) is 0 Å². The maximum Gasteiger partial charge on any atom is 0.125 e. The van der Waals surface area contributed by atoms with E-state index in [0.717, 1.165) is 0 Å². The molecule has 2 N–H and O–H groups in total. The predicted molar refractivity (Wildman–Crippen MR) is 59.4 cm³/mol. The molecule has 1 aromatic rings. The van der Waals surface area contributed by atoms with Crippen LogP contribution in [0.5, 0.6) is 0 Å². The molecule has 84 valence electrons. The quantitative estimate of drug-likeness (QED) is 0.865. The van der Waals surface area contributed by atoms with Gasteiger partial charge in [-0.25, -0.2) is 4.39 Å². The fourth-order valence-electron chi connectivity index (χ4n) is 1.36. The van der Waals surface area contributed by atoms with Gasteiger partial charge in [-0.2, -0.15) is 0 Å². The molecule has 4 heteroatoms. The van der Waals surface area contributed by atoms with Gasteiger partial charge >= 0.3 is 0 Å². The highest BCUT2D eigenvalue weighted by molar-refractivity contribution is 6.30. The minimum Gasteiger partial charge on any atom is -0.370 e. The van der Waals surface area contributed by atoms with Gasteiger partial charge in [0.15, 0.2) is 0 Å². The second-order valence-corrected chi connectivity index (χ2v) is 4.05. The molecular formula is C11H15ClFNO. The molecule has 0 spiro atoms. The summed E-state index contributed by atoms with van der Waals surface area (Å²) in [5, 5.41) is 0.357. The highest BCUT2D eigenvalue weighted by Gasteiger charge is 2.13. The molecule has 0 aliphatic rings. The minimum atomic E-state index is -0.372. The van der Waals surface area contributed by atoms with E-state index in [0.29, 0.717) is 17.1 Å². The molecular weight excluding hydrogens is 217 g/mol. The molecule has 0 aliphatic carbocycles. The van der Waals surface area contributed by atoms with Gasteiger partial charge < -0.3 is 10.5 Å². The first-order valence-corrected chi connectivity index (χ1v) is 5.22. The van der Waals surface area contributed by atoms with Gasteiger partial charge in [-0.05, 0) is 37.6 Å². The van der Waals surface area contributed by atoms with Gasteiger partial charge in [-0.3, -0.25) is 0 Å². The van der Waals surface area contributed by atoms with Crippen molar-refractivity contribution in [1.29, 1.82) is 0 Å². The molecule has 2 nitrogen and oxygen atoms in total. The molecule has 0 saturated heterocycles. The second-order valence-electron chi connectivity index (χ2n) is 3.61. The number of hydrogen-bond acceptors (Lipinski definition) is 2. The van der Waals surface area contributed by atoms with Crippen LogP contribution in [-0.4, -0.2) is 12.6 Å². The zero-order chi connectivity index (χ0) is 11.4. The van der Waals surface area contributed by atoms with Crippen LogP contribution in [0.25, 0.3) is 0 Å². The monoisotopic (exact) mass is 231 g/mol. The van der Waals surface area contributed by atoms with Crippen LogP contribution in [0.15, 0.2) is 18.2 Å². The zero-order valence-electron chi connectivity index (χ0n) is 8.84. The number of benzene rings is 1. The number of hydrogen-bond donors (Lipinski definition) is 1. The molecule has 0 radical (unpaired) electrons. The van der Waals surface area contributed by atoms with E-state index >= 15 is 0 Å². The largest absolute Gasteiger partial charge is 0.370 e. The van der Waals surface area contributed by atoms with E-state index < -0.39 is 0 Å². The summed E-state index contributed by atoms with van der Waals surface area (Å²) in [5.74, 6) is -0.372. The summed E-state index contributed by atoms with van der Waals surface area (Å²) in [7, 11) is 0. The minimum absolute atomic E-state index is 0.0422. The molecule has 0 aromatic heterocycles. The lowest BCUT2D eigenvalue weighted by molar-refractivity contribution is 0.0118. The number of nitrogens with two attached hydrogens (primary N) is 1. The Morgan fingerprint density at radius 1 is 1.40 bits per heavy atom. The summed E-state index contributed by atoms with van der Waals surface area (Å²) in [6.45, 7) is 4.12. The Morgan fingerprint density at radius 3 is 2.53 bits per heavy atom. The average Bonchev–Trinajstić information content (AvgIpc) is 2.12. The van der Waals surface area contributed by atoms with Gasteiger partial charge in [0.1, 0.15) is 5.82 Å². The molecule has 15 heavy (non-hydrogen) atoms. The Balaban J connectivity index is 2.91. The Kier molecular flexibility index (Phi) is 4.51. The third-order valence-corrected chi connectivity index (χ3v) is 2.13. The second kappa shape index (κ2) is 5.45. The van der Waals surface area contributed by atoms with Gasteiger partial charge in [-0.15, -0.1) is 0 Å². The lowest BCUT2D eigenvalue weighted by Gasteiger charge is -2.19. The Hall–Kier alpha value is -0.640. The van der Waals surface area contributed by atoms with Crippen molar-refractivity contribution in [3.63, 3.8) is 0 Å². The lowest BCUT2D eigenvalue weighted by Crippen LogP contribution is -2.19. The average molecular weight is 232 g/mol. The highest BCUT2D eigenvalue weighted by Crippen LogP contribution is 2.22. The van der Waals surface area contributed by atoms with E-state index in [1.54, 1.807) is 6.07 Å². The van der Waals surface area contributed by atoms with Crippen molar-refractivity contribution >= 4 is 11.6 Å². The van der Waals surface area contributed by atoms with Crippen LogP contribution in [0.3, 0.4) is 0 Å². The van der Waals surface area contributed by atoms with Gasteiger partial charge in [0.2, 0.25) is 0 Å². The first-order valence-electron chi connectivity index (χ1n) is 4.84. The van der Waals surface area contributed by atoms with Crippen molar-refractivity contribution in [1.82, 2.24) is 0 Å². The summed E-state index contributed by atoms with van der Waals surface area (Å²) in [6.07, 6.45) is -0.265. The van der Waals surface area contributed by atoms with E-state index in [-0.39, 0.29) is 18.0 Å². The topological polar surface area (TPSA) is 35.2 Å². The first-order chi connectivity index (χ1) is 7.02. The molecule has 1 unspecified atom stereocenters. The van der Waals surface area contributed by atoms with Crippen LogP contribution in [0.1, 0.15) is 25.5 Å². The summed E-state index contributed by atoms with van der Waals surface area (Å²) in [6, 6.07) is 4.32. The van der Waals surface area contributed by atoms with Crippen molar-refractivity contribution in [2.45, 2.75) is 26.1 Å². The van der Waals surface area contributed by atoms with Crippen LogP contribution in [-0.2, 0) is 4.74 Å². The van der Waals surface area contributed by atoms with Gasteiger partial charge in [0.25, 0.3) is 0 Å². The maximum absolute atomic E-state index is 13.1. The Bertz CT molecular complexity index is 310. The lowest BCUT2D eigenvalue weighted by atomic mass is 10.1. The predicted octanol–water partition coefficient (Wildman–Crippen LogP) is 2.90. The molecule has 0 saturated carbocycles. The van der Waals surface area contributed by atoms with E-state index in [1.807, 2.05) is 13.8 Å². The molecule has 1 rings (SSSR count). The summed E-state index contributed by atoms with van der Waals surface area (Å²) < 4.78 is 18.6. The molecule has 0 amide bonds. The zero-order valence-corrected chi connectivity index (χ0v) is 9.59. The molecule has 0 bridgehead atoms. The summed E-state index contributed by atoms with van der Waals surface area (Å²) >= 11 is 5.75. The van der Waals surface area contributed by atoms with Crippen LogP contribution >= 0.6 is 11.6 Å². The maximum atomic E-state index is 13.1. The van der Waals surface area contributed by atoms with Crippen LogP contribution in [0.4, 0.5) is 4.39 Å². The fourth-order valence-corrected chi connectivity index (χ4v) is 1.59. The third kappa shape index (κ3) is 3.78. The van der Waals surface area contributed by atoms with Crippen molar-refractivity contribution in [2.75, 3.05) is 6.54 Å².